The summed E-state index contributed by atoms with van der Waals surface area (Å²) in [5, 5.41) is 3.68. The van der Waals surface area contributed by atoms with Crippen LogP contribution in [0.15, 0.2) is 16.7 Å². The minimum absolute atomic E-state index is 0.520. The van der Waals surface area contributed by atoms with E-state index in [2.05, 4.69) is 24.6 Å². The molecule has 1 aromatic rings. The van der Waals surface area contributed by atoms with Gasteiger partial charge in [0.05, 0.1) is 6.26 Å². The minimum atomic E-state index is 0.520. The van der Waals surface area contributed by atoms with Crippen LogP contribution >= 0.6 is 11.8 Å². The van der Waals surface area contributed by atoms with Gasteiger partial charge in [0.25, 0.3) is 0 Å². The summed E-state index contributed by atoms with van der Waals surface area (Å²) in [7, 11) is 0. The Balaban J connectivity index is 1.88. The lowest BCUT2D eigenvalue weighted by atomic mass is 9.93. The highest BCUT2D eigenvalue weighted by molar-refractivity contribution is 7.98. The van der Waals surface area contributed by atoms with Crippen molar-refractivity contribution < 1.29 is 4.42 Å². The minimum Gasteiger partial charge on any atom is -0.469 e. The van der Waals surface area contributed by atoms with Gasteiger partial charge in [-0.15, -0.1) is 0 Å². The van der Waals surface area contributed by atoms with Gasteiger partial charge in [0.15, 0.2) is 0 Å². The zero-order chi connectivity index (χ0) is 11.4. The Hall–Kier alpha value is -0.410. The summed E-state index contributed by atoms with van der Waals surface area (Å²) >= 11 is 1.93. The van der Waals surface area contributed by atoms with Crippen molar-refractivity contribution in [2.75, 3.05) is 18.6 Å². The summed E-state index contributed by atoms with van der Waals surface area (Å²) in [4.78, 5) is 0. The van der Waals surface area contributed by atoms with Crippen LogP contribution in [0.25, 0.3) is 0 Å². The van der Waals surface area contributed by atoms with Gasteiger partial charge in [-0.05, 0) is 43.4 Å². The fourth-order valence-electron chi connectivity index (χ4n) is 2.39. The maximum atomic E-state index is 5.50. The Labute approximate surface area is 102 Å². The molecule has 2 unspecified atom stereocenters. The number of nitrogens with one attached hydrogen (secondary N) is 1. The highest BCUT2D eigenvalue weighted by Crippen LogP contribution is 2.30. The summed E-state index contributed by atoms with van der Waals surface area (Å²) in [5.74, 6) is 3.17. The first-order valence-electron chi connectivity index (χ1n) is 6.10. The van der Waals surface area contributed by atoms with Crippen LogP contribution in [0.1, 0.15) is 37.1 Å². The lowest BCUT2D eigenvalue weighted by molar-refractivity contribution is 0.396. The molecule has 0 aromatic carbocycles. The molecular weight excluding hydrogens is 218 g/mol. The average molecular weight is 239 g/mol. The van der Waals surface area contributed by atoms with E-state index in [-0.39, 0.29) is 0 Å². The lowest BCUT2D eigenvalue weighted by Crippen LogP contribution is -2.29. The molecule has 0 aliphatic heterocycles. The Morgan fingerprint density at radius 1 is 1.62 bits per heavy atom. The molecule has 0 bridgehead atoms. The first kappa shape index (κ1) is 12.1. The Morgan fingerprint density at radius 2 is 2.50 bits per heavy atom. The second kappa shape index (κ2) is 5.78. The fourth-order valence-corrected chi connectivity index (χ4v) is 3.07. The molecule has 0 spiro atoms. The molecule has 1 N–H and O–H groups in total. The van der Waals surface area contributed by atoms with E-state index < -0.39 is 0 Å². The largest absolute Gasteiger partial charge is 0.469 e. The van der Waals surface area contributed by atoms with E-state index in [1.807, 2.05) is 18.0 Å². The molecule has 0 fully saturated rings. The van der Waals surface area contributed by atoms with Gasteiger partial charge in [-0.3, -0.25) is 0 Å². The molecule has 0 saturated carbocycles. The summed E-state index contributed by atoms with van der Waals surface area (Å²) in [5.41, 5.74) is 1.39. The second-order valence-electron chi connectivity index (χ2n) is 4.71. The van der Waals surface area contributed by atoms with E-state index in [1.54, 1.807) is 0 Å². The number of furan rings is 1. The number of fused-ring (bicyclic) bond motifs is 1. The van der Waals surface area contributed by atoms with E-state index in [4.69, 9.17) is 4.42 Å². The first-order chi connectivity index (χ1) is 7.81. The molecule has 2 rings (SSSR count). The standard InChI is InChI=1S/C13H21NOS/c1-10(9-16-2)8-14-12-4-3-5-13-11(12)6-7-15-13/h6-7,10,12,14H,3-5,8-9H2,1-2H3. The predicted molar refractivity (Wildman–Crippen MR) is 69.9 cm³/mol. The smallest absolute Gasteiger partial charge is 0.108 e. The third-order valence-electron chi connectivity index (χ3n) is 3.22. The van der Waals surface area contributed by atoms with Crippen molar-refractivity contribution in [3.63, 3.8) is 0 Å². The maximum absolute atomic E-state index is 5.50. The second-order valence-corrected chi connectivity index (χ2v) is 5.62. The molecule has 1 aliphatic rings. The average Bonchev–Trinajstić information content (AvgIpc) is 2.75. The predicted octanol–water partition coefficient (Wildman–Crippen LogP) is 3.25. The number of aryl methyl sites for hydroxylation is 1. The number of thioether (sulfide) groups is 1. The third-order valence-corrected chi connectivity index (χ3v) is 4.12. The SMILES string of the molecule is CSCC(C)CNC1CCCc2occc21. The molecule has 16 heavy (non-hydrogen) atoms. The number of hydrogen-bond acceptors (Lipinski definition) is 3. The van der Waals surface area contributed by atoms with E-state index >= 15 is 0 Å². The van der Waals surface area contributed by atoms with E-state index in [9.17, 15) is 0 Å². The molecule has 3 heteroatoms. The van der Waals surface area contributed by atoms with Crippen molar-refractivity contribution in [2.24, 2.45) is 5.92 Å². The van der Waals surface area contributed by atoms with Crippen molar-refractivity contribution in [3.05, 3.63) is 23.7 Å². The van der Waals surface area contributed by atoms with Gasteiger partial charge in [0, 0.05) is 18.0 Å². The Bertz CT molecular complexity index is 323. The Morgan fingerprint density at radius 3 is 3.31 bits per heavy atom. The van der Waals surface area contributed by atoms with Crippen LogP contribution in [0.3, 0.4) is 0 Å². The maximum Gasteiger partial charge on any atom is 0.108 e. The molecule has 2 atom stereocenters. The Kier molecular flexibility index (Phi) is 4.36. The summed E-state index contributed by atoms with van der Waals surface area (Å²) in [6.45, 7) is 3.42. The zero-order valence-corrected chi connectivity index (χ0v) is 11.0. The topological polar surface area (TPSA) is 25.2 Å². The summed E-state index contributed by atoms with van der Waals surface area (Å²) in [6.07, 6.45) is 7.61. The molecule has 0 radical (unpaired) electrons. The van der Waals surface area contributed by atoms with Gasteiger partial charge < -0.3 is 9.73 Å². The van der Waals surface area contributed by atoms with Crippen molar-refractivity contribution >= 4 is 11.8 Å². The van der Waals surface area contributed by atoms with E-state index in [1.165, 1.54) is 29.9 Å². The number of hydrogen-bond donors (Lipinski definition) is 1. The molecule has 2 nitrogen and oxygen atoms in total. The van der Waals surface area contributed by atoms with E-state index in [0.29, 0.717) is 6.04 Å². The van der Waals surface area contributed by atoms with Gasteiger partial charge >= 0.3 is 0 Å². The molecule has 1 aromatic heterocycles. The van der Waals surface area contributed by atoms with Crippen LogP contribution in [0.2, 0.25) is 0 Å². The molecule has 0 amide bonds. The van der Waals surface area contributed by atoms with Gasteiger partial charge in [0.1, 0.15) is 5.76 Å². The monoisotopic (exact) mass is 239 g/mol. The van der Waals surface area contributed by atoms with Gasteiger partial charge in [0.2, 0.25) is 0 Å². The van der Waals surface area contributed by atoms with Crippen LogP contribution in [-0.2, 0) is 6.42 Å². The van der Waals surface area contributed by atoms with Crippen LogP contribution in [0.5, 0.6) is 0 Å². The quantitative estimate of drug-likeness (QED) is 0.854. The van der Waals surface area contributed by atoms with Crippen LogP contribution in [0.4, 0.5) is 0 Å². The van der Waals surface area contributed by atoms with Crippen LogP contribution in [0, 0.1) is 5.92 Å². The molecule has 1 aliphatic carbocycles. The lowest BCUT2D eigenvalue weighted by Gasteiger charge is -2.24. The fraction of sp³-hybridized carbons (Fsp3) is 0.692. The molecule has 0 saturated heterocycles. The van der Waals surface area contributed by atoms with Crippen molar-refractivity contribution in [3.8, 4) is 0 Å². The summed E-state index contributed by atoms with van der Waals surface area (Å²) < 4.78 is 5.50. The highest BCUT2D eigenvalue weighted by Gasteiger charge is 2.22. The van der Waals surface area contributed by atoms with E-state index in [0.717, 1.165) is 18.9 Å². The van der Waals surface area contributed by atoms with Gasteiger partial charge in [-0.25, -0.2) is 0 Å². The third kappa shape index (κ3) is 2.83. The van der Waals surface area contributed by atoms with Crippen molar-refractivity contribution in [1.82, 2.24) is 5.32 Å². The van der Waals surface area contributed by atoms with Crippen molar-refractivity contribution in [2.45, 2.75) is 32.2 Å². The van der Waals surface area contributed by atoms with Crippen LogP contribution in [-0.4, -0.2) is 18.6 Å². The first-order valence-corrected chi connectivity index (χ1v) is 7.49. The number of rotatable bonds is 5. The van der Waals surface area contributed by atoms with Crippen molar-refractivity contribution in [1.29, 1.82) is 0 Å². The zero-order valence-electron chi connectivity index (χ0n) is 10.2. The molecular formula is C13H21NOS. The van der Waals surface area contributed by atoms with Crippen LogP contribution < -0.4 is 5.32 Å². The molecule has 1 heterocycles. The van der Waals surface area contributed by atoms with Gasteiger partial charge in [-0.2, -0.15) is 11.8 Å². The molecule has 90 valence electrons. The normalized spacial score (nSPS) is 21.8. The summed E-state index contributed by atoms with van der Waals surface area (Å²) in [6, 6.07) is 2.65. The van der Waals surface area contributed by atoms with Gasteiger partial charge in [-0.1, -0.05) is 6.92 Å². The highest BCUT2D eigenvalue weighted by atomic mass is 32.2.